The van der Waals surface area contributed by atoms with Gasteiger partial charge in [-0.25, -0.2) is 4.98 Å². The minimum absolute atomic E-state index is 0.0566. The number of fused-ring (bicyclic) bond motifs is 4. The van der Waals surface area contributed by atoms with Crippen LogP contribution in [-0.4, -0.2) is 56.8 Å². The van der Waals surface area contributed by atoms with Gasteiger partial charge in [-0.1, -0.05) is 11.3 Å². The van der Waals surface area contributed by atoms with Gasteiger partial charge in [-0.2, -0.15) is 4.98 Å². The Morgan fingerprint density at radius 1 is 1.16 bits per heavy atom. The summed E-state index contributed by atoms with van der Waals surface area (Å²) in [7, 11) is 0. The van der Waals surface area contributed by atoms with Crippen LogP contribution in [0.4, 0.5) is 0 Å². The first-order chi connectivity index (χ1) is 15.0. The molecule has 0 unspecified atom stereocenters. The van der Waals surface area contributed by atoms with Crippen LogP contribution in [0.25, 0.3) is 21.3 Å². The minimum atomic E-state index is -0.133. The van der Waals surface area contributed by atoms with Crippen molar-refractivity contribution < 1.29 is 18.7 Å². The number of ether oxygens (including phenoxy) is 1. The second-order valence-corrected chi connectivity index (χ2v) is 8.88. The van der Waals surface area contributed by atoms with E-state index in [2.05, 4.69) is 9.97 Å². The highest BCUT2D eigenvalue weighted by Gasteiger charge is 2.46. The summed E-state index contributed by atoms with van der Waals surface area (Å²) in [5, 5.41) is 1.30. The molecule has 2 bridgehead atoms. The molecule has 2 saturated heterocycles. The van der Waals surface area contributed by atoms with E-state index in [4.69, 9.17) is 9.15 Å². The van der Waals surface area contributed by atoms with Crippen molar-refractivity contribution in [2.45, 2.75) is 25.4 Å². The van der Waals surface area contributed by atoms with Gasteiger partial charge >= 0.3 is 0 Å². The minimum Gasteiger partial charge on any atom is -0.451 e. The maximum Gasteiger partial charge on any atom is 0.289 e. The number of likely N-dealkylation sites (tertiary alicyclic amines) is 2. The molecule has 5 heterocycles. The van der Waals surface area contributed by atoms with Crippen molar-refractivity contribution in [3.8, 4) is 10.9 Å². The summed E-state index contributed by atoms with van der Waals surface area (Å²) >= 11 is 1.43. The number of rotatable bonds is 3. The highest BCUT2D eigenvalue weighted by Crippen LogP contribution is 2.35. The quantitative estimate of drug-likeness (QED) is 0.489. The number of hydrogen-bond acceptors (Lipinski definition) is 7. The molecule has 9 heteroatoms. The van der Waals surface area contributed by atoms with Crippen LogP contribution in [0.2, 0.25) is 0 Å². The zero-order valence-corrected chi connectivity index (χ0v) is 17.5. The number of thiazole rings is 1. The molecule has 2 atom stereocenters. The third-order valence-corrected chi connectivity index (χ3v) is 6.84. The number of hydrogen-bond donors (Lipinski definition) is 0. The van der Waals surface area contributed by atoms with Crippen molar-refractivity contribution >= 4 is 44.5 Å². The number of furan rings is 1. The highest BCUT2D eigenvalue weighted by molar-refractivity contribution is 7.20. The molecule has 4 aromatic rings. The Kier molecular flexibility index (Phi) is 4.01. The van der Waals surface area contributed by atoms with Crippen molar-refractivity contribution in [3.63, 3.8) is 0 Å². The van der Waals surface area contributed by atoms with Crippen LogP contribution in [0, 0.1) is 0 Å². The molecule has 2 fully saturated rings. The summed E-state index contributed by atoms with van der Waals surface area (Å²) in [4.78, 5) is 37.0. The lowest BCUT2D eigenvalue weighted by Crippen LogP contribution is -2.50. The summed E-state index contributed by atoms with van der Waals surface area (Å²) in [5.41, 5.74) is 1.28. The second-order valence-electron chi connectivity index (χ2n) is 7.89. The standard InChI is InChI=1S/C22H18N4O4S/c1-12(27)25-10-15-9-14(25)11-26(15)21(28)18-8-13-7-16(4-5-17(13)30-18)29-22-24-20-19(31-22)3-2-6-23-20/h2-8,14-15H,9-11H2,1H3/t14-,15-/m1/s1. The van der Waals surface area contributed by atoms with Gasteiger partial charge in [0, 0.05) is 31.6 Å². The van der Waals surface area contributed by atoms with Crippen LogP contribution in [0.15, 0.2) is 47.0 Å². The van der Waals surface area contributed by atoms with Crippen LogP contribution in [0.1, 0.15) is 23.9 Å². The van der Waals surface area contributed by atoms with Crippen molar-refractivity contribution in [2.24, 2.45) is 0 Å². The van der Waals surface area contributed by atoms with Gasteiger partial charge in [-0.05, 0) is 42.8 Å². The Morgan fingerprint density at radius 3 is 2.77 bits per heavy atom. The summed E-state index contributed by atoms with van der Waals surface area (Å²) in [6.07, 6.45) is 2.53. The van der Waals surface area contributed by atoms with E-state index < -0.39 is 0 Å². The number of piperazine rings is 1. The van der Waals surface area contributed by atoms with Crippen molar-refractivity contribution in [1.82, 2.24) is 19.8 Å². The van der Waals surface area contributed by atoms with Gasteiger partial charge in [-0.3, -0.25) is 9.59 Å². The summed E-state index contributed by atoms with van der Waals surface area (Å²) < 4.78 is 12.7. The SMILES string of the molecule is CC(=O)N1C[C@H]2C[C@@H]1CN2C(=O)c1cc2cc(Oc3nc4ncccc4s3)ccc2o1. The molecule has 156 valence electrons. The number of nitrogens with zero attached hydrogens (tertiary/aromatic N) is 4. The maximum absolute atomic E-state index is 13.0. The van der Waals surface area contributed by atoms with E-state index >= 15 is 0 Å². The molecule has 1 aromatic carbocycles. The Hall–Kier alpha value is -3.46. The van der Waals surface area contributed by atoms with E-state index in [-0.39, 0.29) is 23.9 Å². The molecule has 6 rings (SSSR count). The van der Waals surface area contributed by atoms with Crippen LogP contribution < -0.4 is 4.74 Å². The fourth-order valence-electron chi connectivity index (χ4n) is 4.53. The van der Waals surface area contributed by atoms with Crippen LogP contribution in [0.3, 0.4) is 0 Å². The lowest BCUT2D eigenvalue weighted by Gasteiger charge is -2.33. The number of pyridine rings is 1. The van der Waals surface area contributed by atoms with E-state index in [9.17, 15) is 9.59 Å². The van der Waals surface area contributed by atoms with Gasteiger partial charge in [0.25, 0.3) is 11.1 Å². The molecule has 8 nitrogen and oxygen atoms in total. The van der Waals surface area contributed by atoms with E-state index in [0.717, 1.165) is 16.5 Å². The summed E-state index contributed by atoms with van der Waals surface area (Å²) in [5.74, 6) is 0.855. The normalized spacial score (nSPS) is 20.2. The molecule has 2 aliphatic heterocycles. The Balaban J connectivity index is 1.22. The lowest BCUT2D eigenvalue weighted by atomic mass is 10.2. The summed E-state index contributed by atoms with van der Waals surface area (Å²) in [6.45, 7) is 2.73. The average Bonchev–Trinajstić information content (AvgIpc) is 3.53. The predicted molar refractivity (Wildman–Crippen MR) is 114 cm³/mol. The fraction of sp³-hybridized carbons (Fsp3) is 0.273. The fourth-order valence-corrected chi connectivity index (χ4v) is 5.32. The molecule has 31 heavy (non-hydrogen) atoms. The molecule has 2 amide bonds. The monoisotopic (exact) mass is 434 g/mol. The first-order valence-corrected chi connectivity index (χ1v) is 10.9. The van der Waals surface area contributed by atoms with Gasteiger partial charge in [0.2, 0.25) is 5.91 Å². The van der Waals surface area contributed by atoms with E-state index in [1.807, 2.05) is 28.0 Å². The van der Waals surface area contributed by atoms with Crippen LogP contribution in [-0.2, 0) is 4.79 Å². The summed E-state index contributed by atoms with van der Waals surface area (Å²) in [6, 6.07) is 11.2. The third-order valence-electron chi connectivity index (χ3n) is 5.95. The Labute approximate surface area is 181 Å². The van der Waals surface area contributed by atoms with E-state index in [1.165, 1.54) is 11.3 Å². The Morgan fingerprint density at radius 2 is 2.00 bits per heavy atom. The Bertz CT molecular complexity index is 1310. The zero-order chi connectivity index (χ0) is 21.1. The smallest absolute Gasteiger partial charge is 0.289 e. The van der Waals surface area contributed by atoms with E-state index in [0.29, 0.717) is 41.0 Å². The number of amides is 2. The highest BCUT2D eigenvalue weighted by atomic mass is 32.1. The largest absolute Gasteiger partial charge is 0.451 e. The van der Waals surface area contributed by atoms with Crippen LogP contribution in [0.5, 0.6) is 10.9 Å². The van der Waals surface area contributed by atoms with Gasteiger partial charge in [0.1, 0.15) is 11.3 Å². The van der Waals surface area contributed by atoms with Crippen molar-refractivity contribution in [3.05, 3.63) is 48.4 Å². The molecule has 3 aromatic heterocycles. The van der Waals surface area contributed by atoms with Crippen molar-refractivity contribution in [2.75, 3.05) is 13.1 Å². The number of carbonyl (C=O) groups is 2. The number of aromatic nitrogens is 2. The van der Waals surface area contributed by atoms with Crippen LogP contribution >= 0.6 is 11.3 Å². The van der Waals surface area contributed by atoms with Gasteiger partial charge < -0.3 is 19.0 Å². The molecule has 0 spiro atoms. The zero-order valence-electron chi connectivity index (χ0n) is 16.6. The van der Waals surface area contributed by atoms with E-state index in [1.54, 1.807) is 31.3 Å². The second kappa shape index (κ2) is 6.78. The maximum atomic E-state index is 13.0. The average molecular weight is 434 g/mol. The first-order valence-electron chi connectivity index (χ1n) is 10.1. The van der Waals surface area contributed by atoms with Gasteiger partial charge in [-0.15, -0.1) is 0 Å². The molecule has 0 radical (unpaired) electrons. The first kappa shape index (κ1) is 18.3. The molecule has 0 N–H and O–H groups in total. The number of benzene rings is 1. The van der Waals surface area contributed by atoms with Gasteiger partial charge in [0.15, 0.2) is 11.4 Å². The lowest BCUT2D eigenvalue weighted by molar-refractivity contribution is -0.130. The number of carbonyl (C=O) groups excluding carboxylic acids is 2. The molecule has 0 saturated carbocycles. The molecular formula is C22H18N4O4S. The molecule has 0 aliphatic carbocycles. The molecular weight excluding hydrogens is 416 g/mol. The topological polar surface area (TPSA) is 88.8 Å². The van der Waals surface area contributed by atoms with Gasteiger partial charge in [0.05, 0.1) is 16.8 Å². The third kappa shape index (κ3) is 3.04. The predicted octanol–water partition coefficient (Wildman–Crippen LogP) is 3.68. The van der Waals surface area contributed by atoms with Crippen molar-refractivity contribution in [1.29, 1.82) is 0 Å². The molecule has 2 aliphatic rings.